The van der Waals surface area contributed by atoms with Gasteiger partial charge in [-0.25, -0.2) is 0 Å². The molecular formula is C16H28N2O2S2. The van der Waals surface area contributed by atoms with E-state index >= 15 is 0 Å². The van der Waals surface area contributed by atoms with E-state index in [2.05, 4.69) is 11.6 Å². The summed E-state index contributed by atoms with van der Waals surface area (Å²) in [7, 11) is 0. The van der Waals surface area contributed by atoms with E-state index in [0.717, 1.165) is 25.7 Å². The highest BCUT2D eigenvalue weighted by Crippen LogP contribution is 2.34. The Labute approximate surface area is 142 Å². The van der Waals surface area contributed by atoms with E-state index in [1.165, 1.54) is 50.5 Å². The van der Waals surface area contributed by atoms with Gasteiger partial charge < -0.3 is 0 Å². The Hall–Kier alpha value is -0.360. The van der Waals surface area contributed by atoms with Crippen molar-refractivity contribution in [2.75, 3.05) is 6.54 Å². The first-order chi connectivity index (χ1) is 10.7. The Bertz CT molecular complexity index is 371. The fourth-order valence-corrected chi connectivity index (χ4v) is 4.57. The Morgan fingerprint density at radius 1 is 1.05 bits per heavy atom. The van der Waals surface area contributed by atoms with E-state index in [1.807, 2.05) is 0 Å². The molecule has 0 heterocycles. The Morgan fingerprint density at radius 3 is 2.27 bits per heavy atom. The minimum absolute atomic E-state index is 0.361. The summed E-state index contributed by atoms with van der Waals surface area (Å²) >= 11 is 3.02. The molecule has 4 nitrogen and oxygen atoms in total. The minimum Gasteiger partial charge on any atom is -0.291 e. The molecule has 2 saturated carbocycles. The fourth-order valence-electron chi connectivity index (χ4n) is 2.32. The molecule has 2 aliphatic rings. The maximum Gasteiger partial charge on any atom is 0.322 e. The highest BCUT2D eigenvalue weighted by Gasteiger charge is 2.29. The Kier molecular flexibility index (Phi) is 7.94. The van der Waals surface area contributed by atoms with Crippen LogP contribution in [0.4, 0.5) is 0 Å². The van der Waals surface area contributed by atoms with E-state index in [-0.39, 0.29) is 5.91 Å². The molecule has 0 saturated heterocycles. The van der Waals surface area contributed by atoms with Gasteiger partial charge in [0, 0.05) is 17.0 Å². The monoisotopic (exact) mass is 344 g/mol. The minimum atomic E-state index is -0.445. The topological polar surface area (TPSA) is 49.4 Å². The van der Waals surface area contributed by atoms with E-state index in [1.54, 1.807) is 16.3 Å². The SMILES string of the molecule is CCCCCCN(SC1CCC1)C(=O)C(=O)NSC1CCC1. The standard InChI is InChI=1S/C16H28N2O2S2/c1-2-3-4-5-12-18(22-14-10-7-11-14)16(20)15(19)17-21-13-8-6-9-13/h13-14H,2-12H2,1H3,(H,17,19). The first-order valence-corrected chi connectivity index (χ1v) is 10.4. The van der Waals surface area contributed by atoms with Gasteiger partial charge in [-0.1, -0.05) is 39.0 Å². The van der Waals surface area contributed by atoms with Gasteiger partial charge in [0.25, 0.3) is 0 Å². The maximum absolute atomic E-state index is 12.4. The number of unbranched alkanes of at least 4 members (excludes halogenated alkanes) is 3. The van der Waals surface area contributed by atoms with Gasteiger partial charge >= 0.3 is 11.8 Å². The lowest BCUT2D eigenvalue weighted by atomic mass is 10.0. The van der Waals surface area contributed by atoms with Crippen LogP contribution >= 0.6 is 23.9 Å². The maximum atomic E-state index is 12.4. The predicted octanol–water partition coefficient (Wildman–Crippen LogP) is 3.91. The van der Waals surface area contributed by atoms with Crippen LogP contribution in [0.1, 0.15) is 71.1 Å². The van der Waals surface area contributed by atoms with Gasteiger partial charge in [0.15, 0.2) is 0 Å². The number of carbonyl (C=O) groups is 2. The summed E-state index contributed by atoms with van der Waals surface area (Å²) in [5.74, 6) is -0.806. The number of rotatable bonds is 9. The van der Waals surface area contributed by atoms with Gasteiger partial charge in [0.05, 0.1) is 0 Å². The highest BCUT2D eigenvalue weighted by molar-refractivity contribution is 7.99. The first-order valence-electron chi connectivity index (χ1n) is 8.65. The summed E-state index contributed by atoms with van der Waals surface area (Å²) in [4.78, 5) is 24.5. The molecule has 0 bridgehead atoms. The second-order valence-electron chi connectivity index (χ2n) is 6.23. The molecule has 0 aromatic carbocycles. The normalized spacial score (nSPS) is 18.4. The van der Waals surface area contributed by atoms with Crippen molar-refractivity contribution in [2.45, 2.75) is 81.6 Å². The Morgan fingerprint density at radius 2 is 1.73 bits per heavy atom. The molecular weight excluding hydrogens is 316 g/mol. The van der Waals surface area contributed by atoms with Gasteiger partial charge in [-0.3, -0.25) is 18.6 Å². The number of nitrogens with zero attached hydrogens (tertiary/aromatic N) is 1. The largest absolute Gasteiger partial charge is 0.322 e. The second kappa shape index (κ2) is 9.71. The van der Waals surface area contributed by atoms with E-state index in [9.17, 15) is 9.59 Å². The quantitative estimate of drug-likeness (QED) is 0.391. The molecule has 0 aliphatic heterocycles. The number of carbonyl (C=O) groups excluding carboxylic acids is 2. The van der Waals surface area contributed by atoms with Gasteiger partial charge in [0.1, 0.15) is 0 Å². The zero-order chi connectivity index (χ0) is 15.8. The van der Waals surface area contributed by atoms with Crippen LogP contribution in [0, 0.1) is 0 Å². The van der Waals surface area contributed by atoms with Crippen molar-refractivity contribution >= 4 is 35.7 Å². The van der Waals surface area contributed by atoms with Crippen LogP contribution in [0.25, 0.3) is 0 Å². The van der Waals surface area contributed by atoms with Gasteiger partial charge in [-0.15, -0.1) is 0 Å². The van der Waals surface area contributed by atoms with Gasteiger partial charge in [-0.05, 0) is 56.0 Å². The summed E-state index contributed by atoms with van der Waals surface area (Å²) in [6.45, 7) is 2.87. The van der Waals surface area contributed by atoms with Crippen molar-refractivity contribution in [3.8, 4) is 0 Å². The van der Waals surface area contributed by atoms with Crippen LogP contribution in [0.2, 0.25) is 0 Å². The van der Waals surface area contributed by atoms with Crippen LogP contribution in [0.5, 0.6) is 0 Å². The molecule has 6 heteroatoms. The predicted molar refractivity (Wildman–Crippen MR) is 94.5 cm³/mol. The van der Waals surface area contributed by atoms with Crippen molar-refractivity contribution in [1.29, 1.82) is 0 Å². The number of hydrogen-bond donors (Lipinski definition) is 1. The summed E-state index contributed by atoms with van der Waals surface area (Å²) in [5.41, 5.74) is 0. The van der Waals surface area contributed by atoms with Gasteiger partial charge in [-0.2, -0.15) is 0 Å². The molecule has 22 heavy (non-hydrogen) atoms. The van der Waals surface area contributed by atoms with E-state index in [4.69, 9.17) is 0 Å². The molecule has 0 atom stereocenters. The van der Waals surface area contributed by atoms with Gasteiger partial charge in [0.2, 0.25) is 0 Å². The van der Waals surface area contributed by atoms with Crippen LogP contribution in [-0.2, 0) is 9.59 Å². The lowest BCUT2D eigenvalue weighted by Crippen LogP contribution is -2.40. The Balaban J connectivity index is 1.75. The zero-order valence-electron chi connectivity index (χ0n) is 13.5. The van der Waals surface area contributed by atoms with E-state index < -0.39 is 5.91 Å². The lowest BCUT2D eigenvalue weighted by molar-refractivity contribution is -0.141. The number of hydrogen-bond acceptors (Lipinski definition) is 4. The molecule has 0 aromatic rings. The van der Waals surface area contributed by atoms with Crippen LogP contribution in [0.3, 0.4) is 0 Å². The first kappa shape index (κ1) is 18.0. The summed E-state index contributed by atoms with van der Waals surface area (Å²) in [5, 5.41) is 1.04. The molecule has 0 radical (unpaired) electrons. The molecule has 0 spiro atoms. The highest BCUT2D eigenvalue weighted by atomic mass is 32.2. The zero-order valence-corrected chi connectivity index (χ0v) is 15.1. The third-order valence-corrected chi connectivity index (χ3v) is 6.81. The van der Waals surface area contributed by atoms with Crippen molar-refractivity contribution in [1.82, 2.24) is 9.03 Å². The number of nitrogens with one attached hydrogen (secondary N) is 1. The average molecular weight is 345 g/mol. The molecule has 2 amide bonds. The smallest absolute Gasteiger partial charge is 0.291 e. The van der Waals surface area contributed by atoms with Crippen LogP contribution < -0.4 is 4.72 Å². The summed E-state index contributed by atoms with van der Waals surface area (Å²) in [6.07, 6.45) is 11.6. The van der Waals surface area contributed by atoms with Crippen molar-refractivity contribution in [3.05, 3.63) is 0 Å². The average Bonchev–Trinajstić information content (AvgIpc) is 2.42. The molecule has 2 aliphatic carbocycles. The van der Waals surface area contributed by atoms with Crippen molar-refractivity contribution in [3.63, 3.8) is 0 Å². The third kappa shape index (κ3) is 5.69. The third-order valence-electron chi connectivity index (χ3n) is 4.33. The summed E-state index contributed by atoms with van der Waals surface area (Å²) in [6, 6.07) is 0. The molecule has 0 unspecified atom stereocenters. The molecule has 2 rings (SSSR count). The molecule has 0 aromatic heterocycles. The number of amides is 2. The van der Waals surface area contributed by atoms with Crippen LogP contribution in [-0.4, -0.2) is 33.2 Å². The van der Waals surface area contributed by atoms with E-state index in [0.29, 0.717) is 17.0 Å². The van der Waals surface area contributed by atoms with Crippen molar-refractivity contribution in [2.24, 2.45) is 0 Å². The molecule has 126 valence electrons. The summed E-state index contributed by atoms with van der Waals surface area (Å²) < 4.78 is 4.47. The lowest BCUT2D eigenvalue weighted by Gasteiger charge is -2.31. The van der Waals surface area contributed by atoms with Crippen LogP contribution in [0.15, 0.2) is 0 Å². The fraction of sp³-hybridized carbons (Fsp3) is 0.875. The second-order valence-corrected chi connectivity index (χ2v) is 8.65. The van der Waals surface area contributed by atoms with Crippen molar-refractivity contribution < 1.29 is 9.59 Å². The molecule has 1 N–H and O–H groups in total. The molecule has 2 fully saturated rings.